The highest BCUT2D eigenvalue weighted by Crippen LogP contribution is 2.23. The molecule has 2 N–H and O–H groups in total. The summed E-state index contributed by atoms with van der Waals surface area (Å²) in [6.07, 6.45) is 0. The Hall–Kier alpha value is -4.13. The number of amides is 1. The minimum Gasteiger partial charge on any atom is -0.340 e. The van der Waals surface area contributed by atoms with Gasteiger partial charge in [0.1, 0.15) is 29.0 Å². The van der Waals surface area contributed by atoms with Gasteiger partial charge in [0.2, 0.25) is 0 Å². The minimum absolute atomic E-state index is 0.238. The number of carbonyl (C=O) groups excluding carboxylic acids is 1. The van der Waals surface area contributed by atoms with Crippen molar-refractivity contribution in [2.75, 3.05) is 10.6 Å². The predicted molar refractivity (Wildman–Crippen MR) is 116 cm³/mol. The quantitative estimate of drug-likeness (QED) is 0.436. The average molecular weight is 416 g/mol. The van der Waals surface area contributed by atoms with E-state index >= 15 is 0 Å². The molecular formula is C24H18F2N4O. The zero-order valence-corrected chi connectivity index (χ0v) is 16.6. The molecule has 0 radical (unpaired) electrons. The summed E-state index contributed by atoms with van der Waals surface area (Å²) in [4.78, 5) is 21.4. The summed E-state index contributed by atoms with van der Waals surface area (Å²) in [7, 11) is 0. The van der Waals surface area contributed by atoms with Crippen molar-refractivity contribution in [2.24, 2.45) is 0 Å². The molecule has 3 aromatic carbocycles. The molecule has 0 aliphatic rings. The molecule has 5 nitrogen and oxygen atoms in total. The maximum absolute atomic E-state index is 13.8. The zero-order valence-electron chi connectivity index (χ0n) is 16.6. The third-order valence-electron chi connectivity index (χ3n) is 4.51. The Morgan fingerprint density at radius 2 is 1.55 bits per heavy atom. The lowest BCUT2D eigenvalue weighted by molar-refractivity contribution is 0.102. The molecule has 0 saturated carbocycles. The number of para-hydroxylation sites is 1. The second-order valence-electron chi connectivity index (χ2n) is 6.81. The smallest absolute Gasteiger partial charge is 0.255 e. The molecule has 0 aliphatic heterocycles. The van der Waals surface area contributed by atoms with Crippen molar-refractivity contribution in [3.8, 4) is 11.3 Å². The Bertz CT molecular complexity index is 1230. The first kappa shape index (κ1) is 20.2. The van der Waals surface area contributed by atoms with Crippen LogP contribution < -0.4 is 10.6 Å². The van der Waals surface area contributed by atoms with E-state index in [1.54, 1.807) is 31.2 Å². The number of hydrogen-bond donors (Lipinski definition) is 2. The molecule has 0 saturated heterocycles. The Balaban J connectivity index is 1.57. The van der Waals surface area contributed by atoms with Crippen LogP contribution in [0.2, 0.25) is 0 Å². The normalized spacial score (nSPS) is 10.5. The van der Waals surface area contributed by atoms with Crippen molar-refractivity contribution >= 4 is 23.1 Å². The van der Waals surface area contributed by atoms with Crippen molar-refractivity contribution in [3.63, 3.8) is 0 Å². The van der Waals surface area contributed by atoms with Crippen LogP contribution in [0.4, 0.5) is 26.0 Å². The fourth-order valence-corrected chi connectivity index (χ4v) is 3.08. The number of aryl methyl sites for hydroxylation is 1. The van der Waals surface area contributed by atoms with E-state index in [0.29, 0.717) is 17.3 Å². The topological polar surface area (TPSA) is 66.9 Å². The minimum atomic E-state index is -0.840. The van der Waals surface area contributed by atoms with Crippen LogP contribution in [0.3, 0.4) is 0 Å². The van der Waals surface area contributed by atoms with Crippen LogP contribution in [0.5, 0.6) is 0 Å². The van der Waals surface area contributed by atoms with Gasteiger partial charge in [0, 0.05) is 22.9 Å². The van der Waals surface area contributed by atoms with Gasteiger partial charge < -0.3 is 10.6 Å². The molecule has 1 amide bonds. The highest BCUT2D eigenvalue weighted by Gasteiger charge is 2.14. The first-order valence-electron chi connectivity index (χ1n) is 9.53. The molecule has 0 bridgehead atoms. The standard InChI is InChI=1S/C24H18F2N4O/c1-15-27-21(16-7-3-2-4-8-16)14-22(28-15)29-18-10-5-9-17(13-18)24(31)30-23-19(25)11-6-12-20(23)26/h2-14H,1H3,(H,30,31)(H,27,28,29). The van der Waals surface area contributed by atoms with Gasteiger partial charge in [-0.2, -0.15) is 0 Å². The van der Waals surface area contributed by atoms with Crippen molar-refractivity contribution in [3.05, 3.63) is 102 Å². The van der Waals surface area contributed by atoms with E-state index in [-0.39, 0.29) is 5.56 Å². The first-order valence-corrected chi connectivity index (χ1v) is 9.53. The van der Waals surface area contributed by atoms with Crippen LogP contribution in [0.15, 0.2) is 78.9 Å². The molecule has 154 valence electrons. The van der Waals surface area contributed by atoms with Crippen molar-refractivity contribution in [1.82, 2.24) is 9.97 Å². The van der Waals surface area contributed by atoms with Crippen molar-refractivity contribution in [2.45, 2.75) is 6.92 Å². The second kappa shape index (κ2) is 8.71. The lowest BCUT2D eigenvalue weighted by Gasteiger charge is -2.11. The number of carbonyl (C=O) groups is 1. The molecule has 0 aliphatic carbocycles. The lowest BCUT2D eigenvalue weighted by atomic mass is 10.1. The number of nitrogens with zero attached hydrogens (tertiary/aromatic N) is 2. The van der Waals surface area contributed by atoms with Crippen molar-refractivity contribution in [1.29, 1.82) is 0 Å². The SMILES string of the molecule is Cc1nc(Nc2cccc(C(=O)Nc3c(F)cccc3F)c2)cc(-c2ccccc2)n1. The molecule has 7 heteroatoms. The fraction of sp³-hybridized carbons (Fsp3) is 0.0417. The van der Waals surface area contributed by atoms with Crippen molar-refractivity contribution < 1.29 is 13.6 Å². The van der Waals surface area contributed by atoms with Crippen LogP contribution >= 0.6 is 0 Å². The van der Waals surface area contributed by atoms with Crippen LogP contribution in [0.1, 0.15) is 16.2 Å². The van der Waals surface area contributed by atoms with Gasteiger partial charge in [-0.15, -0.1) is 0 Å². The Morgan fingerprint density at radius 1 is 0.839 bits per heavy atom. The van der Waals surface area contributed by atoms with Gasteiger partial charge in [-0.1, -0.05) is 42.5 Å². The monoisotopic (exact) mass is 416 g/mol. The van der Waals surface area contributed by atoms with E-state index < -0.39 is 23.2 Å². The zero-order chi connectivity index (χ0) is 21.8. The van der Waals surface area contributed by atoms with E-state index in [1.165, 1.54) is 6.07 Å². The van der Waals surface area contributed by atoms with Gasteiger partial charge in [0.25, 0.3) is 5.91 Å². The van der Waals surface area contributed by atoms with Gasteiger partial charge in [-0.25, -0.2) is 18.7 Å². The summed E-state index contributed by atoms with van der Waals surface area (Å²) < 4.78 is 27.7. The second-order valence-corrected chi connectivity index (χ2v) is 6.81. The first-order chi connectivity index (χ1) is 15.0. The van der Waals surface area contributed by atoms with E-state index in [9.17, 15) is 13.6 Å². The van der Waals surface area contributed by atoms with E-state index in [1.807, 2.05) is 36.4 Å². The number of nitrogens with one attached hydrogen (secondary N) is 2. The third-order valence-corrected chi connectivity index (χ3v) is 4.51. The number of rotatable bonds is 5. The predicted octanol–water partition coefficient (Wildman–Crippen LogP) is 5.73. The number of hydrogen-bond acceptors (Lipinski definition) is 4. The summed E-state index contributed by atoms with van der Waals surface area (Å²) in [6.45, 7) is 1.80. The molecule has 0 unspecified atom stereocenters. The van der Waals surface area contributed by atoms with Crippen LogP contribution in [0.25, 0.3) is 11.3 Å². The van der Waals surface area contributed by atoms with Gasteiger partial charge in [0.05, 0.1) is 5.69 Å². The van der Waals surface area contributed by atoms with Gasteiger partial charge in [-0.05, 0) is 37.3 Å². The molecular weight excluding hydrogens is 398 g/mol. The van der Waals surface area contributed by atoms with Gasteiger partial charge in [0.15, 0.2) is 0 Å². The molecule has 0 atom stereocenters. The molecule has 4 rings (SSSR count). The van der Waals surface area contributed by atoms with E-state index in [4.69, 9.17) is 0 Å². The summed E-state index contributed by atoms with van der Waals surface area (Å²) in [5.41, 5.74) is 2.07. The largest absolute Gasteiger partial charge is 0.340 e. The Labute approximate surface area is 177 Å². The summed E-state index contributed by atoms with van der Waals surface area (Å²) in [5.74, 6) is -1.16. The van der Waals surface area contributed by atoms with Gasteiger partial charge >= 0.3 is 0 Å². The van der Waals surface area contributed by atoms with E-state index in [2.05, 4.69) is 20.6 Å². The lowest BCUT2D eigenvalue weighted by Crippen LogP contribution is -2.14. The number of halogens is 2. The molecule has 31 heavy (non-hydrogen) atoms. The molecule has 1 aromatic heterocycles. The van der Waals surface area contributed by atoms with Crippen LogP contribution in [-0.2, 0) is 0 Å². The summed E-state index contributed by atoms with van der Waals surface area (Å²) in [5, 5.41) is 5.44. The van der Waals surface area contributed by atoms with Crippen LogP contribution in [-0.4, -0.2) is 15.9 Å². The highest BCUT2D eigenvalue weighted by atomic mass is 19.1. The molecule has 0 spiro atoms. The maximum Gasteiger partial charge on any atom is 0.255 e. The molecule has 4 aromatic rings. The maximum atomic E-state index is 13.8. The highest BCUT2D eigenvalue weighted by molar-refractivity contribution is 6.05. The van der Waals surface area contributed by atoms with Gasteiger partial charge in [-0.3, -0.25) is 4.79 Å². The Morgan fingerprint density at radius 3 is 2.29 bits per heavy atom. The van der Waals surface area contributed by atoms with E-state index in [0.717, 1.165) is 23.4 Å². The molecule has 1 heterocycles. The number of benzene rings is 3. The van der Waals surface area contributed by atoms with Crippen LogP contribution in [0, 0.1) is 18.6 Å². The number of anilines is 3. The average Bonchev–Trinajstić information content (AvgIpc) is 2.77. The third kappa shape index (κ3) is 4.72. The number of aromatic nitrogens is 2. The summed E-state index contributed by atoms with van der Waals surface area (Å²) >= 11 is 0. The fourth-order valence-electron chi connectivity index (χ4n) is 3.08. The molecule has 0 fully saturated rings. The summed E-state index contributed by atoms with van der Waals surface area (Å²) in [6, 6.07) is 21.5. The Kier molecular flexibility index (Phi) is 5.66.